The number of hydrogen-bond donors (Lipinski definition) is 3. The number of H-pyrrole nitrogens is 1. The van der Waals surface area contributed by atoms with Crippen LogP contribution in [0.5, 0.6) is 0 Å². The Morgan fingerprint density at radius 3 is 2.28 bits per heavy atom. The molecule has 0 saturated heterocycles. The van der Waals surface area contributed by atoms with E-state index >= 15 is 0 Å². The highest BCUT2D eigenvalue weighted by molar-refractivity contribution is 6.05. The van der Waals surface area contributed by atoms with Crippen LogP contribution < -0.4 is 11.1 Å². The number of nitrogen functional groups attached to an aromatic ring is 1. The molecule has 0 fully saturated rings. The first-order valence-corrected chi connectivity index (χ1v) is 13.4. The van der Waals surface area contributed by atoms with Gasteiger partial charge in [-0.15, -0.1) is 0 Å². The molecule has 7 nitrogen and oxygen atoms in total. The fourth-order valence-corrected chi connectivity index (χ4v) is 4.49. The second-order valence-electron chi connectivity index (χ2n) is 9.54. The SMILES string of the molecule is CCC[C@H](c1ccc(CC)cc1)N(Cc1cc[nH]c1)C(=O)OCc1ccc(C(=O)Nc2ccccc2N)cc1. The summed E-state index contributed by atoms with van der Waals surface area (Å²) in [7, 11) is 0. The van der Waals surface area contributed by atoms with Crippen molar-refractivity contribution in [3.8, 4) is 0 Å². The molecule has 202 valence electrons. The van der Waals surface area contributed by atoms with Gasteiger partial charge in [-0.05, 0) is 65.4 Å². The summed E-state index contributed by atoms with van der Waals surface area (Å²) in [5.74, 6) is -0.259. The number of aromatic amines is 1. The van der Waals surface area contributed by atoms with Gasteiger partial charge < -0.3 is 20.8 Å². The lowest BCUT2D eigenvalue weighted by Gasteiger charge is -2.31. The number of aromatic nitrogens is 1. The molecule has 1 aromatic heterocycles. The summed E-state index contributed by atoms with van der Waals surface area (Å²) in [6.07, 6.45) is 6.09. The molecule has 2 amide bonds. The molecule has 3 aromatic carbocycles. The minimum atomic E-state index is -0.379. The minimum absolute atomic E-state index is 0.101. The van der Waals surface area contributed by atoms with Crippen molar-refractivity contribution < 1.29 is 14.3 Å². The lowest BCUT2D eigenvalue weighted by molar-refractivity contribution is 0.0745. The fourth-order valence-electron chi connectivity index (χ4n) is 4.49. The third kappa shape index (κ3) is 7.29. The molecule has 7 heteroatoms. The Bertz CT molecular complexity index is 1350. The molecule has 4 aromatic rings. The zero-order valence-corrected chi connectivity index (χ0v) is 22.5. The number of nitrogens with zero attached hydrogens (tertiary/aromatic N) is 1. The molecule has 0 unspecified atom stereocenters. The number of carbonyl (C=O) groups is 2. The Morgan fingerprint density at radius 1 is 0.923 bits per heavy atom. The van der Waals surface area contributed by atoms with Crippen LogP contribution in [0.4, 0.5) is 16.2 Å². The molecule has 0 aliphatic heterocycles. The third-order valence-electron chi connectivity index (χ3n) is 6.75. The summed E-state index contributed by atoms with van der Waals surface area (Å²) in [6.45, 7) is 4.79. The Morgan fingerprint density at radius 2 is 1.64 bits per heavy atom. The summed E-state index contributed by atoms with van der Waals surface area (Å²) in [6, 6.07) is 24.5. The largest absolute Gasteiger partial charge is 0.445 e. The summed E-state index contributed by atoms with van der Waals surface area (Å²) in [5.41, 5.74) is 11.6. The van der Waals surface area contributed by atoms with E-state index in [-0.39, 0.29) is 24.6 Å². The number of benzene rings is 3. The molecule has 0 radical (unpaired) electrons. The maximum Gasteiger partial charge on any atom is 0.410 e. The number of carbonyl (C=O) groups excluding carboxylic acids is 2. The summed E-state index contributed by atoms with van der Waals surface area (Å²) in [4.78, 5) is 31.0. The average molecular weight is 525 g/mol. The maximum atomic E-state index is 13.5. The Balaban J connectivity index is 1.45. The van der Waals surface area contributed by atoms with E-state index in [2.05, 4.69) is 48.4 Å². The first-order chi connectivity index (χ1) is 19.0. The lowest BCUT2D eigenvalue weighted by Crippen LogP contribution is -2.35. The first kappa shape index (κ1) is 27.5. The number of para-hydroxylation sites is 2. The van der Waals surface area contributed by atoms with E-state index < -0.39 is 0 Å². The number of amides is 2. The topological polar surface area (TPSA) is 100 Å². The van der Waals surface area contributed by atoms with Crippen molar-refractivity contribution >= 4 is 23.4 Å². The highest BCUT2D eigenvalue weighted by Crippen LogP contribution is 2.29. The molecule has 0 spiro atoms. The van der Waals surface area contributed by atoms with Gasteiger partial charge in [0.2, 0.25) is 0 Å². The van der Waals surface area contributed by atoms with Crippen LogP contribution in [0.3, 0.4) is 0 Å². The molecule has 4 rings (SSSR count). The number of nitrogens with one attached hydrogen (secondary N) is 2. The smallest absolute Gasteiger partial charge is 0.410 e. The van der Waals surface area contributed by atoms with Gasteiger partial charge in [0.15, 0.2) is 0 Å². The Hall–Kier alpha value is -4.52. The Kier molecular flexibility index (Phi) is 9.40. The van der Waals surface area contributed by atoms with E-state index in [9.17, 15) is 9.59 Å². The molecule has 39 heavy (non-hydrogen) atoms. The highest BCUT2D eigenvalue weighted by Gasteiger charge is 2.26. The third-order valence-corrected chi connectivity index (χ3v) is 6.75. The van der Waals surface area contributed by atoms with Gasteiger partial charge >= 0.3 is 6.09 Å². The van der Waals surface area contributed by atoms with Crippen molar-refractivity contribution in [1.82, 2.24) is 9.88 Å². The standard InChI is InChI=1S/C32H36N4O3/c1-3-7-30(26-14-10-23(4-2)11-15-26)36(21-25-18-19-34-20-25)32(38)39-22-24-12-16-27(17-13-24)31(37)35-29-9-6-5-8-28(29)33/h5-6,8-20,30,34H,3-4,7,21-22,33H2,1-2H3,(H,35,37)/t30-/m1/s1. The number of hydrogen-bond acceptors (Lipinski definition) is 4. The molecule has 0 aliphatic rings. The van der Waals surface area contributed by atoms with Crippen molar-refractivity contribution in [2.24, 2.45) is 0 Å². The predicted molar refractivity (Wildman–Crippen MR) is 155 cm³/mol. The van der Waals surface area contributed by atoms with E-state index in [1.807, 2.05) is 30.6 Å². The van der Waals surface area contributed by atoms with Crippen molar-refractivity contribution in [2.45, 2.75) is 52.3 Å². The normalized spacial score (nSPS) is 11.5. The Labute approximate surface area is 230 Å². The zero-order valence-electron chi connectivity index (χ0n) is 22.5. The molecule has 0 saturated carbocycles. The van der Waals surface area contributed by atoms with E-state index in [4.69, 9.17) is 10.5 Å². The van der Waals surface area contributed by atoms with E-state index in [1.54, 1.807) is 41.3 Å². The predicted octanol–water partition coefficient (Wildman–Crippen LogP) is 7.09. The molecular formula is C32H36N4O3. The summed E-state index contributed by atoms with van der Waals surface area (Å²) in [5, 5.41) is 2.82. The fraction of sp³-hybridized carbons (Fsp3) is 0.250. The van der Waals surface area contributed by atoms with Gasteiger partial charge in [-0.2, -0.15) is 0 Å². The molecule has 0 bridgehead atoms. The van der Waals surface area contributed by atoms with E-state index in [0.29, 0.717) is 23.5 Å². The highest BCUT2D eigenvalue weighted by atomic mass is 16.6. The number of rotatable bonds is 11. The molecule has 1 heterocycles. The van der Waals surface area contributed by atoms with E-state index in [0.717, 1.165) is 36.0 Å². The molecule has 4 N–H and O–H groups in total. The lowest BCUT2D eigenvalue weighted by atomic mass is 9.98. The number of aryl methyl sites for hydroxylation is 1. The zero-order chi connectivity index (χ0) is 27.6. The van der Waals surface area contributed by atoms with Crippen LogP contribution in [-0.2, 0) is 24.3 Å². The van der Waals surface area contributed by atoms with Gasteiger partial charge in [-0.25, -0.2) is 4.79 Å². The van der Waals surface area contributed by atoms with Gasteiger partial charge in [-0.3, -0.25) is 9.69 Å². The van der Waals surface area contributed by atoms with E-state index in [1.165, 1.54) is 5.56 Å². The summed E-state index contributed by atoms with van der Waals surface area (Å²) < 4.78 is 5.80. The molecular weight excluding hydrogens is 488 g/mol. The van der Waals surface area contributed by atoms with Crippen LogP contribution in [0, 0.1) is 0 Å². The van der Waals surface area contributed by atoms with Crippen LogP contribution in [-0.4, -0.2) is 21.9 Å². The van der Waals surface area contributed by atoms with Crippen LogP contribution in [0.15, 0.2) is 91.3 Å². The number of ether oxygens (including phenoxy) is 1. The molecule has 0 aliphatic carbocycles. The quantitative estimate of drug-likeness (QED) is 0.182. The van der Waals surface area contributed by atoms with Gasteiger partial charge in [0.25, 0.3) is 5.91 Å². The number of nitrogens with two attached hydrogens (primary N) is 1. The number of anilines is 2. The second kappa shape index (κ2) is 13.3. The van der Waals surface area contributed by atoms with Gasteiger partial charge in [0.1, 0.15) is 6.61 Å². The first-order valence-electron chi connectivity index (χ1n) is 13.4. The van der Waals surface area contributed by atoms with Crippen LogP contribution >= 0.6 is 0 Å². The second-order valence-corrected chi connectivity index (χ2v) is 9.54. The molecule has 1 atom stereocenters. The van der Waals surface area contributed by atoms with Crippen molar-refractivity contribution in [3.63, 3.8) is 0 Å². The van der Waals surface area contributed by atoms with Crippen LogP contribution in [0.2, 0.25) is 0 Å². The maximum absolute atomic E-state index is 13.5. The monoisotopic (exact) mass is 524 g/mol. The van der Waals surface area contributed by atoms with Crippen molar-refractivity contribution in [1.29, 1.82) is 0 Å². The van der Waals surface area contributed by atoms with Gasteiger partial charge in [0, 0.05) is 18.0 Å². The van der Waals surface area contributed by atoms with Crippen molar-refractivity contribution in [3.05, 3.63) is 119 Å². The van der Waals surface area contributed by atoms with Crippen LogP contribution in [0.25, 0.3) is 0 Å². The van der Waals surface area contributed by atoms with Crippen molar-refractivity contribution in [2.75, 3.05) is 11.1 Å². The minimum Gasteiger partial charge on any atom is -0.445 e. The summed E-state index contributed by atoms with van der Waals surface area (Å²) >= 11 is 0. The van der Waals surface area contributed by atoms with Crippen LogP contribution in [0.1, 0.15) is 65.3 Å². The van der Waals surface area contributed by atoms with Gasteiger partial charge in [-0.1, -0.05) is 68.8 Å². The van der Waals surface area contributed by atoms with Gasteiger partial charge in [0.05, 0.1) is 24.0 Å². The average Bonchev–Trinajstić information content (AvgIpc) is 3.48.